The lowest BCUT2D eigenvalue weighted by atomic mass is 9.91. The molecule has 1 fully saturated rings. The van der Waals surface area contributed by atoms with Crippen molar-refractivity contribution in [2.75, 3.05) is 26.7 Å². The van der Waals surface area contributed by atoms with E-state index >= 15 is 0 Å². The molecule has 2 atom stereocenters. The van der Waals surface area contributed by atoms with Gasteiger partial charge in [-0.3, -0.25) is 4.79 Å². The van der Waals surface area contributed by atoms with Crippen molar-refractivity contribution >= 4 is 15.9 Å². The van der Waals surface area contributed by atoms with Crippen LogP contribution < -0.4 is 10.1 Å². The van der Waals surface area contributed by atoms with E-state index in [9.17, 15) is 17.6 Å². The van der Waals surface area contributed by atoms with Crippen molar-refractivity contribution in [2.45, 2.75) is 31.9 Å². The molecular weight excluding hydrogens is 419 g/mol. The number of sulfonamides is 1. The van der Waals surface area contributed by atoms with E-state index in [0.29, 0.717) is 24.2 Å². The number of carbonyl (C=O) groups is 1. The Hall–Kier alpha value is -2.45. The Morgan fingerprint density at radius 1 is 1.23 bits per heavy atom. The second-order valence-corrected chi connectivity index (χ2v) is 10.2. The molecule has 6 nitrogen and oxygen atoms in total. The number of halogens is 1. The van der Waals surface area contributed by atoms with E-state index < -0.39 is 21.2 Å². The number of ether oxygens (including phenoxy) is 1. The maximum Gasteiger partial charge on any atom is 0.224 e. The van der Waals surface area contributed by atoms with E-state index in [-0.39, 0.29) is 31.4 Å². The summed E-state index contributed by atoms with van der Waals surface area (Å²) in [5.41, 5.74) is 2.18. The molecule has 0 spiro atoms. The SMILES string of the molecule is CC[C@H](C)S(=O)(=O)N1CCNC(=O)[C@H](Cc2ccccc2-c2cc(F)ccc2OC)C1. The first-order chi connectivity index (χ1) is 14.8. The fraction of sp³-hybridized carbons (Fsp3) is 0.435. The van der Waals surface area contributed by atoms with Gasteiger partial charge in [-0.25, -0.2) is 12.8 Å². The van der Waals surface area contributed by atoms with Crippen molar-refractivity contribution in [3.05, 3.63) is 53.8 Å². The number of nitrogens with one attached hydrogen (secondary N) is 1. The van der Waals surface area contributed by atoms with Gasteiger partial charge in [-0.15, -0.1) is 0 Å². The molecule has 2 aromatic carbocycles. The number of hydrogen-bond donors (Lipinski definition) is 1. The van der Waals surface area contributed by atoms with Crippen LogP contribution in [0.3, 0.4) is 0 Å². The Morgan fingerprint density at radius 3 is 2.68 bits per heavy atom. The Labute approximate surface area is 183 Å². The van der Waals surface area contributed by atoms with Crippen LogP contribution in [0.5, 0.6) is 5.75 Å². The lowest BCUT2D eigenvalue weighted by Crippen LogP contribution is -2.41. The normalized spacial score (nSPS) is 18.8. The topological polar surface area (TPSA) is 75.7 Å². The van der Waals surface area contributed by atoms with Crippen LogP contribution in [0.25, 0.3) is 11.1 Å². The van der Waals surface area contributed by atoms with Crippen molar-refractivity contribution in [3.8, 4) is 16.9 Å². The zero-order valence-electron chi connectivity index (χ0n) is 18.1. The average molecular weight is 449 g/mol. The summed E-state index contributed by atoms with van der Waals surface area (Å²) in [6.45, 7) is 4.19. The first-order valence-corrected chi connectivity index (χ1v) is 12.0. The lowest BCUT2D eigenvalue weighted by Gasteiger charge is -2.26. The minimum atomic E-state index is -3.49. The van der Waals surface area contributed by atoms with Gasteiger partial charge in [-0.05, 0) is 49.1 Å². The molecule has 1 aliphatic heterocycles. The minimum Gasteiger partial charge on any atom is -0.496 e. The Bertz CT molecular complexity index is 1040. The van der Waals surface area contributed by atoms with E-state index in [0.717, 1.165) is 11.1 Å². The van der Waals surface area contributed by atoms with Gasteiger partial charge in [-0.2, -0.15) is 4.31 Å². The highest BCUT2D eigenvalue weighted by Gasteiger charge is 2.34. The lowest BCUT2D eigenvalue weighted by molar-refractivity contribution is -0.124. The molecule has 0 aliphatic carbocycles. The van der Waals surface area contributed by atoms with Crippen molar-refractivity contribution in [2.24, 2.45) is 5.92 Å². The van der Waals surface area contributed by atoms with Gasteiger partial charge < -0.3 is 10.1 Å². The number of nitrogens with zero attached hydrogens (tertiary/aromatic N) is 1. The molecule has 168 valence electrons. The van der Waals surface area contributed by atoms with Gasteiger partial charge in [-0.1, -0.05) is 31.2 Å². The van der Waals surface area contributed by atoms with E-state index in [1.807, 2.05) is 31.2 Å². The third-order valence-electron chi connectivity index (χ3n) is 5.83. The standard InChI is InChI=1S/C23H29FN2O4S/c1-4-16(2)31(28,29)26-12-11-25-23(27)18(15-26)13-17-7-5-6-8-20(17)21-14-19(24)9-10-22(21)30-3/h5-10,14,16,18H,4,11-13,15H2,1-3H3,(H,25,27)/t16-,18+/m0/s1. The summed E-state index contributed by atoms with van der Waals surface area (Å²) in [7, 11) is -1.97. The third kappa shape index (κ3) is 5.07. The van der Waals surface area contributed by atoms with E-state index in [2.05, 4.69) is 5.32 Å². The van der Waals surface area contributed by atoms with Crippen LogP contribution in [0.4, 0.5) is 4.39 Å². The number of rotatable bonds is 7. The maximum atomic E-state index is 14.0. The molecule has 0 aromatic heterocycles. The van der Waals surface area contributed by atoms with Gasteiger partial charge in [0.1, 0.15) is 11.6 Å². The van der Waals surface area contributed by atoms with Crippen LogP contribution in [0.2, 0.25) is 0 Å². The van der Waals surface area contributed by atoms with Crippen molar-refractivity contribution in [3.63, 3.8) is 0 Å². The average Bonchev–Trinajstić information content (AvgIpc) is 2.95. The highest BCUT2D eigenvalue weighted by molar-refractivity contribution is 7.89. The van der Waals surface area contributed by atoms with Crippen molar-refractivity contribution < 1.29 is 22.3 Å². The Balaban J connectivity index is 1.95. The summed E-state index contributed by atoms with van der Waals surface area (Å²) in [5.74, 6) is -0.589. The Kier molecular flexibility index (Phi) is 7.33. The predicted octanol–water partition coefficient (Wildman–Crippen LogP) is 3.22. The minimum absolute atomic E-state index is 0.118. The van der Waals surface area contributed by atoms with Crippen LogP contribution >= 0.6 is 0 Å². The van der Waals surface area contributed by atoms with Gasteiger partial charge in [0.2, 0.25) is 15.9 Å². The molecule has 8 heteroatoms. The molecule has 3 rings (SSSR count). The molecule has 1 N–H and O–H groups in total. The highest BCUT2D eigenvalue weighted by atomic mass is 32.2. The molecule has 0 saturated carbocycles. The third-order valence-corrected chi connectivity index (χ3v) is 8.24. The van der Waals surface area contributed by atoms with Crippen molar-refractivity contribution in [1.29, 1.82) is 0 Å². The maximum absolute atomic E-state index is 14.0. The number of amides is 1. The van der Waals surface area contributed by atoms with Crippen LogP contribution in [0.1, 0.15) is 25.8 Å². The van der Waals surface area contributed by atoms with Crippen LogP contribution in [0.15, 0.2) is 42.5 Å². The van der Waals surface area contributed by atoms with Gasteiger partial charge in [0.15, 0.2) is 0 Å². The van der Waals surface area contributed by atoms with Gasteiger partial charge in [0, 0.05) is 25.2 Å². The highest BCUT2D eigenvalue weighted by Crippen LogP contribution is 2.34. The fourth-order valence-corrected chi connectivity index (χ4v) is 5.50. The number of hydrogen-bond acceptors (Lipinski definition) is 4. The van der Waals surface area contributed by atoms with E-state index in [1.54, 1.807) is 13.0 Å². The number of benzene rings is 2. The molecule has 31 heavy (non-hydrogen) atoms. The van der Waals surface area contributed by atoms with Gasteiger partial charge in [0.05, 0.1) is 18.3 Å². The van der Waals surface area contributed by atoms with Crippen molar-refractivity contribution in [1.82, 2.24) is 9.62 Å². The molecule has 0 radical (unpaired) electrons. The van der Waals surface area contributed by atoms with Crippen LogP contribution in [0, 0.1) is 11.7 Å². The first kappa shape index (κ1) is 23.2. The van der Waals surface area contributed by atoms with Gasteiger partial charge in [0.25, 0.3) is 0 Å². The van der Waals surface area contributed by atoms with Crippen LogP contribution in [-0.4, -0.2) is 50.6 Å². The summed E-state index contributed by atoms with van der Waals surface area (Å²) >= 11 is 0. The van der Waals surface area contributed by atoms with E-state index in [1.165, 1.54) is 23.5 Å². The molecule has 2 aromatic rings. The summed E-state index contributed by atoms with van der Waals surface area (Å²) < 4.78 is 46.6. The fourth-order valence-electron chi connectivity index (χ4n) is 3.84. The largest absolute Gasteiger partial charge is 0.496 e. The number of methoxy groups -OCH3 is 1. The molecule has 0 unspecified atom stereocenters. The summed E-state index contributed by atoms with van der Waals surface area (Å²) in [6, 6.07) is 11.7. The molecule has 0 bridgehead atoms. The molecule has 1 heterocycles. The second-order valence-electron chi connectivity index (χ2n) is 7.82. The second kappa shape index (κ2) is 9.78. The smallest absolute Gasteiger partial charge is 0.224 e. The molecule has 1 aliphatic rings. The van der Waals surface area contributed by atoms with E-state index in [4.69, 9.17) is 4.74 Å². The van der Waals surface area contributed by atoms with Gasteiger partial charge >= 0.3 is 0 Å². The predicted molar refractivity (Wildman–Crippen MR) is 119 cm³/mol. The molecule has 1 saturated heterocycles. The molecular formula is C23H29FN2O4S. The van der Waals surface area contributed by atoms with Crippen LogP contribution in [-0.2, 0) is 21.2 Å². The summed E-state index contributed by atoms with van der Waals surface area (Å²) in [4.78, 5) is 12.7. The monoisotopic (exact) mass is 448 g/mol. The number of carbonyl (C=O) groups excluding carboxylic acids is 1. The zero-order chi connectivity index (χ0) is 22.6. The summed E-state index contributed by atoms with van der Waals surface area (Å²) in [6.07, 6.45) is 0.835. The zero-order valence-corrected chi connectivity index (χ0v) is 18.9. The molecule has 1 amide bonds. The summed E-state index contributed by atoms with van der Waals surface area (Å²) in [5, 5.41) is 2.33. The Morgan fingerprint density at radius 2 is 1.97 bits per heavy atom. The quantitative estimate of drug-likeness (QED) is 0.706. The first-order valence-electron chi connectivity index (χ1n) is 10.5.